The number of anilines is 1. The Morgan fingerprint density at radius 1 is 1.00 bits per heavy atom. The molecule has 174 valence electrons. The van der Waals surface area contributed by atoms with E-state index in [0.29, 0.717) is 5.69 Å². The van der Waals surface area contributed by atoms with Crippen LogP contribution < -0.4 is 4.90 Å². The second-order valence-electron chi connectivity index (χ2n) is 7.88. The number of azo groups is 1. The molecule has 2 rings (SSSR count). The molecule has 0 aliphatic rings. The number of hydrogen-bond donors (Lipinski definition) is 0. The zero-order chi connectivity index (χ0) is 24.5. The number of nitro groups is 1. The Hall–Kier alpha value is -3.31. The molecule has 0 saturated heterocycles. The smallest absolute Gasteiger partial charge is 0.271 e. The van der Waals surface area contributed by atoms with Crippen molar-refractivity contribution in [2.45, 2.75) is 13.8 Å². The summed E-state index contributed by atoms with van der Waals surface area (Å²) in [5, 5.41) is 34.2. The Labute approximate surface area is 191 Å². The average molecular weight is 467 g/mol. The summed E-state index contributed by atoms with van der Waals surface area (Å²) in [6.45, 7) is 7.09. The summed E-state index contributed by atoms with van der Waals surface area (Å²) in [6.07, 6.45) is 0. The number of aryl methyl sites for hydroxylation is 1. The number of likely N-dealkylation sites (N-methyl/N-ethyl adjacent to an activating group) is 2. The van der Waals surface area contributed by atoms with Gasteiger partial charge in [0.1, 0.15) is 5.69 Å². The molecule has 0 unspecified atom stereocenters. The third-order valence-electron chi connectivity index (χ3n) is 4.38. The van der Waals surface area contributed by atoms with Crippen LogP contribution in [0.5, 0.6) is 0 Å². The highest BCUT2D eigenvalue weighted by Gasteiger charge is 2.13. The van der Waals surface area contributed by atoms with Gasteiger partial charge in [-0.05, 0) is 43.7 Å². The molecule has 0 radical (unpaired) electrons. The molecular formula is C20H27ClN6O5. The third-order valence-corrected chi connectivity index (χ3v) is 4.68. The van der Waals surface area contributed by atoms with Gasteiger partial charge in [0.25, 0.3) is 5.69 Å². The molecule has 2 aromatic rings. The highest BCUT2D eigenvalue weighted by atomic mass is 35.5. The SMILES string of the molecule is CCN(CC[N+](C)(C)C)c1ccc(N=Nc2ccc([N+](=O)[O-])cc2Cl)c(C)c1.O=[N+]([O-])[O-]. The molecule has 0 N–H and O–H groups in total. The molecule has 0 fully saturated rings. The van der Waals surface area contributed by atoms with Crippen molar-refractivity contribution in [2.24, 2.45) is 10.2 Å². The summed E-state index contributed by atoms with van der Waals surface area (Å²) in [5.41, 5.74) is 3.22. The largest absolute Gasteiger partial charge is 0.366 e. The summed E-state index contributed by atoms with van der Waals surface area (Å²) < 4.78 is 0.914. The number of benzene rings is 2. The topological polar surface area (TPSA) is 137 Å². The molecule has 2 aromatic carbocycles. The van der Waals surface area contributed by atoms with Gasteiger partial charge in [-0.2, -0.15) is 5.11 Å². The molecule has 0 atom stereocenters. The zero-order valence-corrected chi connectivity index (χ0v) is 19.4. The highest BCUT2D eigenvalue weighted by molar-refractivity contribution is 6.33. The maximum absolute atomic E-state index is 10.8. The van der Waals surface area contributed by atoms with E-state index in [1.807, 2.05) is 19.1 Å². The van der Waals surface area contributed by atoms with E-state index in [2.05, 4.69) is 49.3 Å². The van der Waals surface area contributed by atoms with Crippen molar-refractivity contribution < 1.29 is 14.5 Å². The van der Waals surface area contributed by atoms with Gasteiger partial charge in [0.05, 0.1) is 55.0 Å². The van der Waals surface area contributed by atoms with E-state index >= 15 is 0 Å². The van der Waals surface area contributed by atoms with Gasteiger partial charge in [0.2, 0.25) is 0 Å². The zero-order valence-electron chi connectivity index (χ0n) is 18.7. The van der Waals surface area contributed by atoms with Crippen molar-refractivity contribution in [3.63, 3.8) is 0 Å². The Morgan fingerprint density at radius 2 is 1.56 bits per heavy atom. The molecule has 0 bridgehead atoms. The minimum atomic E-state index is -1.75. The molecular weight excluding hydrogens is 440 g/mol. The fraction of sp³-hybridized carbons (Fsp3) is 0.400. The van der Waals surface area contributed by atoms with E-state index in [1.54, 1.807) is 0 Å². The lowest BCUT2D eigenvalue weighted by molar-refractivity contribution is -0.868. The summed E-state index contributed by atoms with van der Waals surface area (Å²) in [5.74, 6) is 0. The van der Waals surface area contributed by atoms with E-state index in [0.717, 1.165) is 41.1 Å². The molecule has 11 nitrogen and oxygen atoms in total. The number of nitrogens with zero attached hydrogens (tertiary/aromatic N) is 6. The molecule has 32 heavy (non-hydrogen) atoms. The number of rotatable bonds is 8. The van der Waals surface area contributed by atoms with Crippen LogP contribution in [-0.4, -0.2) is 55.3 Å². The minimum absolute atomic E-state index is 0.0713. The van der Waals surface area contributed by atoms with Crippen molar-refractivity contribution >= 4 is 34.4 Å². The predicted octanol–water partition coefficient (Wildman–Crippen LogP) is 5.27. The predicted molar refractivity (Wildman–Crippen MR) is 125 cm³/mol. The average Bonchev–Trinajstić information content (AvgIpc) is 2.67. The number of nitro benzene ring substituents is 1. The van der Waals surface area contributed by atoms with Crippen LogP contribution in [-0.2, 0) is 0 Å². The summed E-state index contributed by atoms with van der Waals surface area (Å²) in [7, 11) is 6.56. The number of hydrogen-bond acceptors (Lipinski definition) is 8. The molecule has 0 heterocycles. The first-order valence-electron chi connectivity index (χ1n) is 9.67. The van der Waals surface area contributed by atoms with Crippen LogP contribution in [0.15, 0.2) is 46.6 Å². The Morgan fingerprint density at radius 3 is 2.03 bits per heavy atom. The lowest BCUT2D eigenvalue weighted by Gasteiger charge is -2.29. The van der Waals surface area contributed by atoms with Gasteiger partial charge in [-0.25, -0.2) is 0 Å². The maximum Gasteiger partial charge on any atom is 0.271 e. The van der Waals surface area contributed by atoms with E-state index < -0.39 is 10.0 Å². The van der Waals surface area contributed by atoms with Crippen LogP contribution in [0, 0.1) is 32.4 Å². The van der Waals surface area contributed by atoms with Crippen LogP contribution in [0.4, 0.5) is 22.7 Å². The number of quaternary nitrogens is 1. The van der Waals surface area contributed by atoms with Gasteiger partial charge >= 0.3 is 0 Å². The first kappa shape index (κ1) is 26.7. The summed E-state index contributed by atoms with van der Waals surface area (Å²) >= 11 is 6.07. The minimum Gasteiger partial charge on any atom is -0.366 e. The van der Waals surface area contributed by atoms with Gasteiger partial charge in [0.15, 0.2) is 0 Å². The van der Waals surface area contributed by atoms with E-state index in [1.165, 1.54) is 18.2 Å². The Balaban J connectivity index is 0.00000118. The molecule has 0 aliphatic heterocycles. The standard InChI is InChI=1S/C20H27ClN5O2.NO3/c1-6-24(11-12-26(3,4)5)16-7-9-19(15(2)13-16)22-23-20-10-8-17(25(27)28)14-18(20)21;2-1(3)4/h7-10,13-14H,6,11-12H2,1-5H3;/q+1;-1. The van der Waals surface area contributed by atoms with E-state index in [9.17, 15) is 10.1 Å². The van der Waals surface area contributed by atoms with Crippen LogP contribution >= 0.6 is 11.6 Å². The first-order valence-corrected chi connectivity index (χ1v) is 10.0. The quantitative estimate of drug-likeness (QED) is 0.225. The van der Waals surface area contributed by atoms with Gasteiger partial charge in [0, 0.05) is 24.4 Å². The molecule has 0 spiro atoms. The van der Waals surface area contributed by atoms with Crippen molar-refractivity contribution in [3.05, 3.63) is 72.4 Å². The van der Waals surface area contributed by atoms with Crippen LogP contribution in [0.3, 0.4) is 0 Å². The third kappa shape index (κ3) is 9.23. The normalized spacial score (nSPS) is 11.1. The van der Waals surface area contributed by atoms with Gasteiger partial charge in [-0.3, -0.25) is 10.1 Å². The number of halogens is 1. The molecule has 12 heteroatoms. The van der Waals surface area contributed by atoms with Crippen LogP contribution in [0.2, 0.25) is 5.02 Å². The maximum atomic E-state index is 10.8. The molecule has 0 saturated carbocycles. The summed E-state index contributed by atoms with van der Waals surface area (Å²) in [6, 6.07) is 10.2. The highest BCUT2D eigenvalue weighted by Crippen LogP contribution is 2.32. The summed E-state index contributed by atoms with van der Waals surface area (Å²) in [4.78, 5) is 20.9. The lowest BCUT2D eigenvalue weighted by Crippen LogP contribution is -2.42. The molecule has 0 amide bonds. The van der Waals surface area contributed by atoms with E-state index in [4.69, 9.17) is 26.9 Å². The van der Waals surface area contributed by atoms with Gasteiger partial charge in [-0.1, -0.05) is 11.6 Å². The van der Waals surface area contributed by atoms with Crippen molar-refractivity contribution in [3.8, 4) is 0 Å². The van der Waals surface area contributed by atoms with Gasteiger partial charge < -0.3 is 24.7 Å². The van der Waals surface area contributed by atoms with Crippen molar-refractivity contribution in [1.29, 1.82) is 0 Å². The van der Waals surface area contributed by atoms with Gasteiger partial charge in [-0.15, -0.1) is 5.11 Å². The number of non-ortho nitro benzene ring substituents is 1. The van der Waals surface area contributed by atoms with Crippen LogP contribution in [0.1, 0.15) is 12.5 Å². The second-order valence-corrected chi connectivity index (χ2v) is 8.29. The second kappa shape index (κ2) is 11.9. The Bertz CT molecular complexity index is 973. The monoisotopic (exact) mass is 466 g/mol. The van der Waals surface area contributed by atoms with Crippen molar-refractivity contribution in [1.82, 2.24) is 0 Å². The fourth-order valence-electron chi connectivity index (χ4n) is 2.64. The van der Waals surface area contributed by atoms with Crippen molar-refractivity contribution in [2.75, 3.05) is 45.7 Å². The lowest BCUT2D eigenvalue weighted by atomic mass is 10.1. The Kier molecular flexibility index (Phi) is 9.95. The fourth-order valence-corrected chi connectivity index (χ4v) is 2.85. The molecule has 0 aliphatic carbocycles. The first-order chi connectivity index (χ1) is 14.8. The molecule has 0 aromatic heterocycles. The van der Waals surface area contributed by atoms with Crippen LogP contribution in [0.25, 0.3) is 0 Å². The van der Waals surface area contributed by atoms with E-state index in [-0.39, 0.29) is 10.7 Å².